The summed E-state index contributed by atoms with van der Waals surface area (Å²) in [5.41, 5.74) is 2.65. The lowest BCUT2D eigenvalue weighted by Gasteiger charge is -2.13. The van der Waals surface area contributed by atoms with Crippen LogP contribution in [0.3, 0.4) is 0 Å². The Morgan fingerprint density at radius 3 is 2.60 bits per heavy atom. The van der Waals surface area contributed by atoms with Crippen molar-refractivity contribution >= 4 is 27.3 Å². The maximum absolute atomic E-state index is 13.1. The van der Waals surface area contributed by atoms with Crippen molar-refractivity contribution < 1.29 is 9.31 Å². The number of anilines is 1. The number of hydrazine groups is 1. The molecule has 0 saturated heterocycles. The zero-order valence-corrected chi connectivity index (χ0v) is 9.71. The molecule has 0 spiro atoms. The molecule has 0 atom stereocenters. The van der Waals surface area contributed by atoms with Gasteiger partial charge in [-0.3, -0.25) is 10.1 Å². The first-order chi connectivity index (χ1) is 6.91. The van der Waals surface area contributed by atoms with Crippen LogP contribution in [0, 0.1) is 15.9 Å². The lowest BCUT2D eigenvalue weighted by atomic mass is 10.2. The van der Waals surface area contributed by atoms with E-state index in [0.29, 0.717) is 0 Å². The second kappa shape index (κ2) is 4.54. The Morgan fingerprint density at radius 2 is 2.13 bits per heavy atom. The molecule has 0 amide bonds. The van der Waals surface area contributed by atoms with E-state index < -0.39 is 10.7 Å². The number of nitrogens with zero attached hydrogens (tertiary/aromatic N) is 2. The first kappa shape index (κ1) is 11.9. The highest BCUT2D eigenvalue weighted by Gasteiger charge is 2.17. The Kier molecular flexibility index (Phi) is 3.59. The van der Waals surface area contributed by atoms with Crippen LogP contribution >= 0.6 is 15.9 Å². The molecular weight excluding hydrogens is 269 g/mol. The van der Waals surface area contributed by atoms with Gasteiger partial charge in [-0.05, 0) is 22.0 Å². The Hall–Kier alpha value is -1.21. The molecule has 0 aliphatic rings. The predicted octanol–water partition coefficient (Wildman–Crippen LogP) is 2.38. The largest absolute Gasteiger partial charge is 0.313 e. The van der Waals surface area contributed by atoms with Crippen molar-refractivity contribution in [3.05, 3.63) is 32.5 Å². The van der Waals surface area contributed by atoms with Crippen LogP contribution in [0.2, 0.25) is 0 Å². The molecule has 1 aromatic rings. The third-order valence-electron chi connectivity index (χ3n) is 1.58. The molecule has 82 valence electrons. The van der Waals surface area contributed by atoms with Gasteiger partial charge in [0.25, 0.3) is 5.69 Å². The van der Waals surface area contributed by atoms with Crippen LogP contribution in [-0.4, -0.2) is 24.0 Å². The Labute approximate surface area is 94.1 Å². The SMILES string of the molecule is CN(C)Nc1cc(Br)c(F)cc1[N+](=O)[O-]. The minimum absolute atomic E-state index is 0.178. The molecule has 0 aliphatic heterocycles. The Bertz CT molecular complexity index is 398. The minimum atomic E-state index is -0.661. The molecule has 0 unspecified atom stereocenters. The summed E-state index contributed by atoms with van der Waals surface area (Å²) in [4.78, 5) is 9.99. The van der Waals surface area contributed by atoms with E-state index in [0.717, 1.165) is 6.07 Å². The van der Waals surface area contributed by atoms with E-state index >= 15 is 0 Å². The van der Waals surface area contributed by atoms with Crippen LogP contribution in [0.15, 0.2) is 16.6 Å². The van der Waals surface area contributed by atoms with Gasteiger partial charge in [-0.1, -0.05) is 0 Å². The van der Waals surface area contributed by atoms with Gasteiger partial charge in [0.2, 0.25) is 0 Å². The average Bonchev–Trinajstić information content (AvgIpc) is 2.09. The number of halogens is 2. The van der Waals surface area contributed by atoms with Gasteiger partial charge in [0, 0.05) is 14.1 Å². The molecule has 0 radical (unpaired) electrons. The summed E-state index contributed by atoms with van der Waals surface area (Å²) in [6.45, 7) is 0. The lowest BCUT2D eigenvalue weighted by Crippen LogP contribution is -2.20. The highest BCUT2D eigenvalue weighted by atomic mass is 79.9. The topological polar surface area (TPSA) is 58.4 Å². The van der Waals surface area contributed by atoms with Gasteiger partial charge < -0.3 is 5.43 Å². The molecule has 0 fully saturated rings. The van der Waals surface area contributed by atoms with Crippen LogP contribution in [0.4, 0.5) is 15.8 Å². The van der Waals surface area contributed by atoms with E-state index in [9.17, 15) is 14.5 Å². The van der Waals surface area contributed by atoms with E-state index in [-0.39, 0.29) is 15.8 Å². The number of benzene rings is 1. The highest BCUT2D eigenvalue weighted by molar-refractivity contribution is 9.10. The van der Waals surface area contributed by atoms with Crippen molar-refractivity contribution in [2.75, 3.05) is 19.5 Å². The van der Waals surface area contributed by atoms with Crippen LogP contribution in [-0.2, 0) is 0 Å². The summed E-state index contributed by atoms with van der Waals surface area (Å²) in [5, 5.41) is 12.2. The molecule has 1 aromatic carbocycles. The molecule has 0 bridgehead atoms. The summed E-state index contributed by atoms with van der Waals surface area (Å²) in [7, 11) is 3.36. The molecule has 0 aliphatic carbocycles. The summed E-state index contributed by atoms with van der Waals surface area (Å²) in [6.07, 6.45) is 0. The fraction of sp³-hybridized carbons (Fsp3) is 0.250. The molecule has 0 saturated carbocycles. The second-order valence-corrected chi connectivity index (χ2v) is 3.90. The Balaban J connectivity index is 3.22. The van der Waals surface area contributed by atoms with E-state index in [2.05, 4.69) is 21.4 Å². The molecule has 0 heterocycles. The van der Waals surface area contributed by atoms with E-state index in [1.807, 2.05) is 0 Å². The van der Waals surface area contributed by atoms with Crippen molar-refractivity contribution in [1.29, 1.82) is 0 Å². The van der Waals surface area contributed by atoms with E-state index in [4.69, 9.17) is 0 Å². The van der Waals surface area contributed by atoms with Crippen LogP contribution < -0.4 is 5.43 Å². The molecule has 5 nitrogen and oxygen atoms in total. The standard InChI is InChI=1S/C8H9BrFN3O2/c1-12(2)11-7-3-5(9)6(10)4-8(7)13(14)15/h3-4,11H,1-2H3. The number of hydrogen-bond donors (Lipinski definition) is 1. The number of nitro groups is 1. The summed E-state index contributed by atoms with van der Waals surface area (Å²) in [5.74, 6) is -0.661. The molecule has 7 heteroatoms. The van der Waals surface area contributed by atoms with Gasteiger partial charge in [-0.25, -0.2) is 9.40 Å². The monoisotopic (exact) mass is 277 g/mol. The smallest absolute Gasteiger partial charge is 0.296 e. The number of nitrogens with one attached hydrogen (secondary N) is 1. The maximum Gasteiger partial charge on any atom is 0.296 e. The summed E-state index contributed by atoms with van der Waals surface area (Å²) in [6, 6.07) is 2.20. The predicted molar refractivity (Wildman–Crippen MR) is 58.1 cm³/mol. The van der Waals surface area contributed by atoms with Gasteiger partial charge in [0.1, 0.15) is 11.5 Å². The maximum atomic E-state index is 13.1. The number of hydrogen-bond acceptors (Lipinski definition) is 4. The first-order valence-electron chi connectivity index (χ1n) is 3.99. The second-order valence-electron chi connectivity index (χ2n) is 3.05. The van der Waals surface area contributed by atoms with Gasteiger partial charge in [-0.2, -0.15) is 0 Å². The first-order valence-corrected chi connectivity index (χ1v) is 4.78. The van der Waals surface area contributed by atoms with Gasteiger partial charge in [-0.15, -0.1) is 0 Å². The van der Waals surface area contributed by atoms with Crippen LogP contribution in [0.5, 0.6) is 0 Å². The van der Waals surface area contributed by atoms with Crippen molar-refractivity contribution in [2.45, 2.75) is 0 Å². The van der Waals surface area contributed by atoms with Crippen molar-refractivity contribution in [3.8, 4) is 0 Å². The summed E-state index contributed by atoms with van der Waals surface area (Å²) >= 11 is 2.96. The number of nitro benzene ring substituents is 1. The van der Waals surface area contributed by atoms with E-state index in [1.165, 1.54) is 11.1 Å². The minimum Gasteiger partial charge on any atom is -0.313 e. The van der Waals surface area contributed by atoms with Crippen molar-refractivity contribution in [2.24, 2.45) is 0 Å². The normalized spacial score (nSPS) is 10.5. The molecule has 1 rings (SSSR count). The third-order valence-corrected chi connectivity index (χ3v) is 2.19. The third kappa shape index (κ3) is 2.87. The van der Waals surface area contributed by atoms with E-state index in [1.54, 1.807) is 14.1 Å². The fourth-order valence-electron chi connectivity index (χ4n) is 1.02. The quantitative estimate of drug-likeness (QED) is 0.681. The number of rotatable bonds is 3. The lowest BCUT2D eigenvalue weighted by molar-refractivity contribution is -0.384. The van der Waals surface area contributed by atoms with Crippen molar-refractivity contribution in [3.63, 3.8) is 0 Å². The average molecular weight is 278 g/mol. The summed E-state index contributed by atoms with van der Waals surface area (Å²) < 4.78 is 13.2. The Morgan fingerprint density at radius 1 is 1.53 bits per heavy atom. The molecule has 0 aromatic heterocycles. The van der Waals surface area contributed by atoms with Crippen molar-refractivity contribution in [1.82, 2.24) is 5.01 Å². The van der Waals surface area contributed by atoms with Gasteiger partial charge in [0.05, 0.1) is 15.5 Å². The molecular formula is C8H9BrFN3O2. The van der Waals surface area contributed by atoms with Crippen LogP contribution in [0.25, 0.3) is 0 Å². The highest BCUT2D eigenvalue weighted by Crippen LogP contribution is 2.30. The van der Waals surface area contributed by atoms with Gasteiger partial charge in [0.15, 0.2) is 0 Å². The fourth-order valence-corrected chi connectivity index (χ4v) is 1.36. The zero-order chi connectivity index (χ0) is 11.6. The van der Waals surface area contributed by atoms with Gasteiger partial charge >= 0.3 is 0 Å². The molecule has 15 heavy (non-hydrogen) atoms. The van der Waals surface area contributed by atoms with Crippen LogP contribution in [0.1, 0.15) is 0 Å². The zero-order valence-electron chi connectivity index (χ0n) is 8.12. The molecule has 1 N–H and O–H groups in total.